The van der Waals surface area contributed by atoms with Gasteiger partial charge >= 0.3 is 0 Å². The van der Waals surface area contributed by atoms with Crippen LogP contribution in [0.25, 0.3) is 93.9 Å². The Hall–Kier alpha value is -6.64. The largest absolute Gasteiger partial charge is 0.455 e. The van der Waals surface area contributed by atoms with Crippen molar-refractivity contribution in [3.05, 3.63) is 187 Å². The Kier molecular flexibility index (Phi) is 6.33. The van der Waals surface area contributed by atoms with Crippen molar-refractivity contribution >= 4 is 43.7 Å². The van der Waals surface area contributed by atoms with Gasteiger partial charge in [-0.05, 0) is 80.4 Å². The van der Waals surface area contributed by atoms with Crippen LogP contribution in [0.3, 0.4) is 0 Å². The van der Waals surface area contributed by atoms with Crippen LogP contribution in [0.1, 0.15) is 25.0 Å². The number of benzene rings is 8. The third-order valence-corrected chi connectivity index (χ3v) is 11.6. The van der Waals surface area contributed by atoms with E-state index in [1.54, 1.807) is 0 Å². The van der Waals surface area contributed by atoms with E-state index in [2.05, 4.69) is 194 Å². The molecule has 11 rings (SSSR count). The van der Waals surface area contributed by atoms with Crippen molar-refractivity contribution in [1.82, 2.24) is 4.57 Å². The normalized spacial score (nSPS) is 13.2. The molecule has 0 atom stereocenters. The fourth-order valence-electron chi connectivity index (χ4n) is 8.90. The predicted octanol–water partition coefficient (Wildman–Crippen LogP) is 14.0. The Morgan fingerprint density at radius 3 is 1.60 bits per heavy atom. The van der Waals surface area contributed by atoms with E-state index in [0.29, 0.717) is 0 Å². The first kappa shape index (κ1) is 30.0. The molecule has 2 heterocycles. The topological polar surface area (TPSA) is 18.1 Å². The third kappa shape index (κ3) is 4.45. The zero-order valence-corrected chi connectivity index (χ0v) is 29.6. The van der Waals surface area contributed by atoms with Gasteiger partial charge in [-0.1, -0.05) is 159 Å². The minimum absolute atomic E-state index is 0.201. The summed E-state index contributed by atoms with van der Waals surface area (Å²) in [6.45, 7) is 4.71. The van der Waals surface area contributed by atoms with E-state index in [1.807, 2.05) is 0 Å². The molecule has 0 N–H and O–H groups in total. The highest BCUT2D eigenvalue weighted by Gasteiger charge is 2.38. The van der Waals surface area contributed by atoms with Crippen molar-refractivity contribution in [2.24, 2.45) is 0 Å². The minimum Gasteiger partial charge on any atom is -0.455 e. The van der Waals surface area contributed by atoms with Crippen molar-refractivity contribution in [2.45, 2.75) is 19.3 Å². The molecule has 1 aliphatic rings. The number of hydrogen-bond acceptors (Lipinski definition) is 1. The van der Waals surface area contributed by atoms with E-state index in [0.717, 1.165) is 22.2 Å². The SMILES string of the molecule is CC1(C)c2cc(-n3c4cc(-c5ccccc5)ccc4c4ccc(-c5ccc(-c6ccccc6)cc5)cc43)ccc2-c2c1ccc1c2oc2ccccc21. The van der Waals surface area contributed by atoms with Crippen LogP contribution < -0.4 is 0 Å². The van der Waals surface area contributed by atoms with E-state index in [9.17, 15) is 0 Å². The highest BCUT2D eigenvalue weighted by atomic mass is 16.3. The predicted molar refractivity (Wildman–Crippen MR) is 222 cm³/mol. The molecule has 10 aromatic rings. The number of rotatable bonds is 4. The Bertz CT molecular complexity index is 3050. The molecule has 2 nitrogen and oxygen atoms in total. The third-order valence-electron chi connectivity index (χ3n) is 11.6. The van der Waals surface area contributed by atoms with Gasteiger partial charge in [0.1, 0.15) is 11.2 Å². The lowest BCUT2D eigenvalue weighted by atomic mass is 9.82. The van der Waals surface area contributed by atoms with Crippen LogP contribution in [0, 0.1) is 0 Å². The van der Waals surface area contributed by atoms with E-state index >= 15 is 0 Å². The number of hydrogen-bond donors (Lipinski definition) is 0. The quantitative estimate of drug-likeness (QED) is 0.181. The van der Waals surface area contributed by atoms with Gasteiger partial charge in [0.15, 0.2) is 0 Å². The fraction of sp³-hybridized carbons (Fsp3) is 0.0588. The summed E-state index contributed by atoms with van der Waals surface area (Å²) in [5.74, 6) is 0. The van der Waals surface area contributed by atoms with Gasteiger partial charge in [0.2, 0.25) is 0 Å². The summed E-state index contributed by atoms with van der Waals surface area (Å²) in [6.07, 6.45) is 0. The Morgan fingerprint density at radius 2 is 0.943 bits per heavy atom. The molecule has 0 amide bonds. The lowest BCUT2D eigenvalue weighted by Crippen LogP contribution is -2.15. The maximum atomic E-state index is 6.60. The first-order valence-corrected chi connectivity index (χ1v) is 18.4. The molecule has 0 saturated carbocycles. The zero-order chi connectivity index (χ0) is 35.3. The van der Waals surface area contributed by atoms with Gasteiger partial charge in [0, 0.05) is 38.2 Å². The average Bonchev–Trinajstić information content (AvgIpc) is 3.83. The average molecular weight is 678 g/mol. The summed E-state index contributed by atoms with van der Waals surface area (Å²) in [7, 11) is 0. The van der Waals surface area contributed by atoms with E-state index in [4.69, 9.17) is 4.42 Å². The van der Waals surface area contributed by atoms with Gasteiger partial charge in [-0.2, -0.15) is 0 Å². The summed E-state index contributed by atoms with van der Waals surface area (Å²) in [4.78, 5) is 0. The van der Waals surface area contributed by atoms with Crippen LogP contribution in [0.15, 0.2) is 180 Å². The van der Waals surface area contributed by atoms with Gasteiger partial charge < -0.3 is 8.98 Å². The van der Waals surface area contributed by atoms with Gasteiger partial charge in [-0.3, -0.25) is 0 Å². The molecule has 0 saturated heterocycles. The molecule has 0 spiro atoms. The number of nitrogens with zero attached hydrogens (tertiary/aromatic N) is 1. The second-order valence-electron chi connectivity index (χ2n) is 14.9. The maximum Gasteiger partial charge on any atom is 0.143 e. The summed E-state index contributed by atoms with van der Waals surface area (Å²) in [5, 5.41) is 4.83. The standard InChI is InChI=1S/C51H35NO/c1-51(2)44-28-27-42-41-15-9-10-16-48(41)53-50(42)49(44)43-26-23-38(31-45(43)51)52-46-29-36(33-13-7-4-8-14-33)21-24-39(46)40-25-22-37(30-47(40)52)35-19-17-34(18-20-35)32-11-5-3-6-12-32/h3-31H,1-2H3. The molecule has 2 aromatic heterocycles. The highest BCUT2D eigenvalue weighted by Crippen LogP contribution is 2.53. The molecule has 53 heavy (non-hydrogen) atoms. The molecule has 0 aliphatic heterocycles. The molecule has 0 bridgehead atoms. The van der Waals surface area contributed by atoms with Crippen molar-refractivity contribution in [3.8, 4) is 50.2 Å². The van der Waals surface area contributed by atoms with Crippen LogP contribution in [-0.4, -0.2) is 4.57 Å². The Labute approximate surface area is 308 Å². The Morgan fingerprint density at radius 1 is 0.415 bits per heavy atom. The highest BCUT2D eigenvalue weighted by molar-refractivity contribution is 6.13. The molecule has 8 aromatic carbocycles. The van der Waals surface area contributed by atoms with Crippen LogP contribution in [0.4, 0.5) is 0 Å². The molecule has 0 unspecified atom stereocenters. The van der Waals surface area contributed by atoms with Crippen molar-refractivity contribution < 1.29 is 4.42 Å². The fourth-order valence-corrected chi connectivity index (χ4v) is 8.90. The van der Waals surface area contributed by atoms with Crippen molar-refractivity contribution in [2.75, 3.05) is 0 Å². The van der Waals surface area contributed by atoms with Crippen LogP contribution >= 0.6 is 0 Å². The smallest absolute Gasteiger partial charge is 0.143 e. The lowest BCUT2D eigenvalue weighted by molar-refractivity contribution is 0.653. The molecular formula is C51H35NO. The number of furan rings is 1. The second-order valence-corrected chi connectivity index (χ2v) is 14.9. The van der Waals surface area contributed by atoms with Gasteiger partial charge in [0.25, 0.3) is 0 Å². The first-order chi connectivity index (χ1) is 26.0. The Balaban J connectivity index is 1.13. The summed E-state index contributed by atoms with van der Waals surface area (Å²) >= 11 is 0. The molecular weight excluding hydrogens is 643 g/mol. The summed E-state index contributed by atoms with van der Waals surface area (Å²) in [6, 6.07) is 64.1. The zero-order valence-electron chi connectivity index (χ0n) is 29.6. The summed E-state index contributed by atoms with van der Waals surface area (Å²) in [5.41, 5.74) is 17.7. The molecule has 2 heteroatoms. The van der Waals surface area contributed by atoms with E-state index in [-0.39, 0.29) is 5.41 Å². The van der Waals surface area contributed by atoms with E-state index in [1.165, 1.54) is 82.8 Å². The number of fused-ring (bicyclic) bond motifs is 10. The minimum atomic E-state index is -0.201. The molecule has 250 valence electrons. The van der Waals surface area contributed by atoms with Crippen LogP contribution in [-0.2, 0) is 5.41 Å². The van der Waals surface area contributed by atoms with Gasteiger partial charge in [-0.25, -0.2) is 0 Å². The van der Waals surface area contributed by atoms with Crippen molar-refractivity contribution in [1.29, 1.82) is 0 Å². The monoisotopic (exact) mass is 677 g/mol. The molecule has 0 radical (unpaired) electrons. The van der Waals surface area contributed by atoms with Crippen LogP contribution in [0.2, 0.25) is 0 Å². The van der Waals surface area contributed by atoms with Gasteiger partial charge in [0.05, 0.1) is 11.0 Å². The second kappa shape index (κ2) is 11.2. The molecule has 1 aliphatic carbocycles. The van der Waals surface area contributed by atoms with E-state index < -0.39 is 0 Å². The van der Waals surface area contributed by atoms with Crippen molar-refractivity contribution in [3.63, 3.8) is 0 Å². The lowest BCUT2D eigenvalue weighted by Gasteiger charge is -2.22. The van der Waals surface area contributed by atoms with Gasteiger partial charge in [-0.15, -0.1) is 0 Å². The first-order valence-electron chi connectivity index (χ1n) is 18.4. The number of aromatic nitrogens is 1. The maximum absolute atomic E-state index is 6.60. The van der Waals surface area contributed by atoms with Crippen LogP contribution in [0.5, 0.6) is 0 Å². The summed E-state index contributed by atoms with van der Waals surface area (Å²) < 4.78 is 9.08. The number of para-hydroxylation sites is 1. The molecule has 0 fully saturated rings.